The monoisotopic (exact) mass is 282 g/mol. The van der Waals surface area contributed by atoms with E-state index in [-0.39, 0.29) is 11.7 Å². The third-order valence-corrected chi connectivity index (χ3v) is 4.29. The molecule has 0 aromatic heterocycles. The molecule has 0 saturated heterocycles. The van der Waals surface area contributed by atoms with E-state index in [1.165, 1.54) is 12.1 Å². The second-order valence-corrected chi connectivity index (χ2v) is 5.60. The maximum Gasteiger partial charge on any atom is 0.123 e. The molecule has 2 atom stereocenters. The van der Waals surface area contributed by atoms with Gasteiger partial charge in [-0.1, -0.05) is 54.6 Å². The van der Waals surface area contributed by atoms with Crippen molar-refractivity contribution in [2.45, 2.75) is 24.9 Å². The van der Waals surface area contributed by atoms with E-state index in [0.717, 1.165) is 30.4 Å². The minimum absolute atomic E-state index is 0.0131. The van der Waals surface area contributed by atoms with Gasteiger partial charge in [-0.05, 0) is 42.5 Å². The molecule has 1 aliphatic rings. The number of benzene rings is 2. The Morgan fingerprint density at radius 1 is 0.952 bits per heavy atom. The Bertz CT molecular complexity index is 618. The Labute approximate surface area is 124 Å². The molecule has 2 aromatic carbocycles. The van der Waals surface area contributed by atoms with Crippen molar-refractivity contribution in [2.24, 2.45) is 5.92 Å². The summed E-state index contributed by atoms with van der Waals surface area (Å²) in [6.07, 6.45) is 7.28. The van der Waals surface area contributed by atoms with Crippen LogP contribution in [-0.2, 0) is 5.60 Å². The summed E-state index contributed by atoms with van der Waals surface area (Å²) in [6, 6.07) is 15.9. The lowest BCUT2D eigenvalue weighted by atomic mass is 9.72. The fraction of sp³-hybridized carbons (Fsp3) is 0.263. The second-order valence-electron chi connectivity index (χ2n) is 5.60. The molecular formula is C19H19FO. The summed E-state index contributed by atoms with van der Waals surface area (Å²) < 4.78 is 13.2. The molecule has 0 amide bonds. The van der Waals surface area contributed by atoms with Crippen LogP contribution in [0.25, 0.3) is 0 Å². The fourth-order valence-electron chi connectivity index (χ4n) is 3.15. The van der Waals surface area contributed by atoms with Gasteiger partial charge in [-0.3, -0.25) is 0 Å². The molecule has 3 rings (SSSR count). The molecule has 21 heavy (non-hydrogen) atoms. The van der Waals surface area contributed by atoms with Crippen molar-refractivity contribution in [3.8, 4) is 0 Å². The first-order valence-corrected chi connectivity index (χ1v) is 7.42. The minimum Gasteiger partial charge on any atom is -0.380 e. The SMILES string of the molecule is OC(c1ccccc1)(c1ccc(F)cc1)C1C=CCCC1. The Balaban J connectivity index is 2.12. The Kier molecular flexibility index (Phi) is 3.89. The normalized spacial score (nSPS) is 21.0. The molecule has 0 fully saturated rings. The standard InChI is InChI=1S/C19H19FO/c20-18-13-11-17(12-14-18)19(21,15-7-3-1-4-8-15)16-9-5-2-6-10-16/h1,3-5,7-9,11-14,16,21H,2,6,10H2. The maximum absolute atomic E-state index is 13.2. The van der Waals surface area contributed by atoms with E-state index in [1.807, 2.05) is 30.3 Å². The second kappa shape index (κ2) is 5.82. The third kappa shape index (κ3) is 2.64. The highest BCUT2D eigenvalue weighted by atomic mass is 19.1. The van der Waals surface area contributed by atoms with Gasteiger partial charge in [0.25, 0.3) is 0 Å². The van der Waals surface area contributed by atoms with Crippen LogP contribution in [0.3, 0.4) is 0 Å². The van der Waals surface area contributed by atoms with Gasteiger partial charge in [0.1, 0.15) is 11.4 Å². The summed E-state index contributed by atoms with van der Waals surface area (Å²) >= 11 is 0. The van der Waals surface area contributed by atoms with Crippen LogP contribution < -0.4 is 0 Å². The van der Waals surface area contributed by atoms with Crippen molar-refractivity contribution < 1.29 is 9.50 Å². The number of allylic oxidation sites excluding steroid dienone is 1. The molecule has 0 saturated carbocycles. The zero-order chi connectivity index (χ0) is 14.7. The van der Waals surface area contributed by atoms with Crippen LogP contribution in [0.1, 0.15) is 30.4 Å². The summed E-state index contributed by atoms with van der Waals surface area (Å²) in [7, 11) is 0. The van der Waals surface area contributed by atoms with Crippen molar-refractivity contribution in [1.29, 1.82) is 0 Å². The molecule has 2 aromatic rings. The van der Waals surface area contributed by atoms with Gasteiger partial charge in [0.05, 0.1) is 0 Å². The van der Waals surface area contributed by atoms with Crippen molar-refractivity contribution in [3.05, 3.63) is 83.7 Å². The molecule has 1 aliphatic carbocycles. The number of halogens is 1. The zero-order valence-corrected chi connectivity index (χ0v) is 11.9. The van der Waals surface area contributed by atoms with E-state index >= 15 is 0 Å². The molecule has 0 radical (unpaired) electrons. The topological polar surface area (TPSA) is 20.2 Å². The van der Waals surface area contributed by atoms with E-state index in [9.17, 15) is 9.50 Å². The zero-order valence-electron chi connectivity index (χ0n) is 11.9. The van der Waals surface area contributed by atoms with Gasteiger partial charge < -0.3 is 5.11 Å². The number of hydrogen-bond acceptors (Lipinski definition) is 1. The van der Waals surface area contributed by atoms with Crippen LogP contribution in [-0.4, -0.2) is 5.11 Å². The summed E-state index contributed by atoms with van der Waals surface area (Å²) in [5, 5.41) is 11.5. The third-order valence-electron chi connectivity index (χ3n) is 4.29. The molecule has 0 bridgehead atoms. The van der Waals surface area contributed by atoms with Gasteiger partial charge in [-0.25, -0.2) is 4.39 Å². The van der Waals surface area contributed by atoms with Crippen LogP contribution >= 0.6 is 0 Å². The average Bonchev–Trinajstić information content (AvgIpc) is 2.56. The first-order valence-electron chi connectivity index (χ1n) is 7.42. The van der Waals surface area contributed by atoms with E-state index in [0.29, 0.717) is 0 Å². The van der Waals surface area contributed by atoms with Crippen molar-refractivity contribution in [3.63, 3.8) is 0 Å². The molecule has 1 N–H and O–H groups in total. The molecule has 108 valence electrons. The fourth-order valence-corrected chi connectivity index (χ4v) is 3.15. The summed E-state index contributed by atoms with van der Waals surface area (Å²) in [5.41, 5.74) is 0.492. The Hall–Kier alpha value is -1.93. The summed E-state index contributed by atoms with van der Waals surface area (Å²) in [4.78, 5) is 0. The average molecular weight is 282 g/mol. The highest BCUT2D eigenvalue weighted by Crippen LogP contribution is 2.41. The van der Waals surface area contributed by atoms with Crippen molar-refractivity contribution >= 4 is 0 Å². The summed E-state index contributed by atoms with van der Waals surface area (Å²) in [5.74, 6) is -0.271. The highest BCUT2D eigenvalue weighted by molar-refractivity contribution is 5.38. The lowest BCUT2D eigenvalue weighted by Crippen LogP contribution is -2.36. The first kappa shape index (κ1) is 14.0. The van der Waals surface area contributed by atoms with Crippen LogP contribution in [0.5, 0.6) is 0 Å². The lowest BCUT2D eigenvalue weighted by molar-refractivity contribution is 0.0303. The number of rotatable bonds is 3. The van der Waals surface area contributed by atoms with Crippen molar-refractivity contribution in [1.82, 2.24) is 0 Å². The predicted octanol–water partition coefficient (Wildman–Crippen LogP) is 4.42. The highest BCUT2D eigenvalue weighted by Gasteiger charge is 2.39. The van der Waals surface area contributed by atoms with Crippen LogP contribution in [0.2, 0.25) is 0 Å². The minimum atomic E-state index is -1.11. The van der Waals surface area contributed by atoms with E-state index in [2.05, 4.69) is 12.2 Å². The maximum atomic E-state index is 13.2. The first-order chi connectivity index (χ1) is 10.2. The quantitative estimate of drug-likeness (QED) is 0.826. The number of hydrogen-bond donors (Lipinski definition) is 1. The van der Waals surface area contributed by atoms with E-state index < -0.39 is 5.60 Å². The van der Waals surface area contributed by atoms with E-state index in [4.69, 9.17) is 0 Å². The molecule has 0 spiro atoms. The molecule has 2 unspecified atom stereocenters. The van der Waals surface area contributed by atoms with Gasteiger partial charge >= 0.3 is 0 Å². The van der Waals surface area contributed by atoms with Gasteiger partial charge in [-0.2, -0.15) is 0 Å². The molecular weight excluding hydrogens is 263 g/mol. The lowest BCUT2D eigenvalue weighted by Gasteiger charge is -2.37. The van der Waals surface area contributed by atoms with Gasteiger partial charge in [0.2, 0.25) is 0 Å². The molecule has 2 heteroatoms. The van der Waals surface area contributed by atoms with Gasteiger partial charge in [0.15, 0.2) is 0 Å². The predicted molar refractivity (Wildman–Crippen MR) is 82.3 cm³/mol. The Morgan fingerprint density at radius 2 is 1.62 bits per heavy atom. The van der Waals surface area contributed by atoms with Crippen LogP contribution in [0, 0.1) is 11.7 Å². The largest absolute Gasteiger partial charge is 0.380 e. The number of aliphatic hydroxyl groups is 1. The molecule has 1 nitrogen and oxygen atoms in total. The van der Waals surface area contributed by atoms with Gasteiger partial charge in [-0.15, -0.1) is 0 Å². The molecule has 0 heterocycles. The van der Waals surface area contributed by atoms with E-state index in [1.54, 1.807) is 12.1 Å². The molecule has 0 aliphatic heterocycles. The van der Waals surface area contributed by atoms with Crippen molar-refractivity contribution in [2.75, 3.05) is 0 Å². The smallest absolute Gasteiger partial charge is 0.123 e. The van der Waals surface area contributed by atoms with Crippen LogP contribution in [0.15, 0.2) is 66.7 Å². The van der Waals surface area contributed by atoms with Crippen LogP contribution in [0.4, 0.5) is 4.39 Å². The van der Waals surface area contributed by atoms with Gasteiger partial charge in [0, 0.05) is 5.92 Å². The Morgan fingerprint density at radius 3 is 2.24 bits per heavy atom. The summed E-state index contributed by atoms with van der Waals surface area (Å²) in [6.45, 7) is 0.